The van der Waals surface area contributed by atoms with Crippen molar-refractivity contribution in [2.24, 2.45) is 0 Å². The van der Waals surface area contributed by atoms with Crippen molar-refractivity contribution in [2.45, 2.75) is 25.3 Å². The number of aromatic hydroxyl groups is 1. The van der Waals surface area contributed by atoms with Crippen LogP contribution < -0.4 is 10.2 Å². The number of nitriles is 1. The van der Waals surface area contributed by atoms with Crippen molar-refractivity contribution in [3.05, 3.63) is 58.7 Å². The molecule has 0 spiro atoms. The van der Waals surface area contributed by atoms with E-state index in [0.29, 0.717) is 23.3 Å². The Balaban J connectivity index is 1.51. The van der Waals surface area contributed by atoms with Gasteiger partial charge in [-0.2, -0.15) is 5.26 Å². The van der Waals surface area contributed by atoms with Crippen molar-refractivity contribution < 1.29 is 9.90 Å². The molecule has 1 amide bonds. The number of piperazine rings is 1. The average molecular weight is 390 g/mol. The predicted molar refractivity (Wildman–Crippen MR) is 112 cm³/mol. The molecular formula is C23H26N4O2. The summed E-state index contributed by atoms with van der Waals surface area (Å²) >= 11 is 0. The first-order valence-corrected chi connectivity index (χ1v) is 10.1. The molecular weight excluding hydrogens is 364 g/mol. The molecule has 2 aromatic carbocycles. The Bertz CT molecular complexity index is 941. The van der Waals surface area contributed by atoms with E-state index in [-0.39, 0.29) is 11.9 Å². The number of benzene rings is 2. The molecule has 1 aliphatic heterocycles. The Labute approximate surface area is 171 Å². The normalized spacial score (nSPS) is 19.3. The molecule has 1 heterocycles. The number of rotatable bonds is 3. The third kappa shape index (κ3) is 4.06. The zero-order chi connectivity index (χ0) is 20.4. The number of phenolic OH excluding ortho intramolecular Hbond substituents is 1. The van der Waals surface area contributed by atoms with E-state index in [0.717, 1.165) is 50.1 Å². The summed E-state index contributed by atoms with van der Waals surface area (Å²) in [4.78, 5) is 17.4. The molecule has 4 rings (SSSR count). The number of carbonyl (C=O) groups is 1. The summed E-state index contributed by atoms with van der Waals surface area (Å²) in [5.74, 6) is 0.235. The quantitative estimate of drug-likeness (QED) is 0.841. The number of amides is 1. The second-order valence-corrected chi connectivity index (χ2v) is 7.95. The van der Waals surface area contributed by atoms with Gasteiger partial charge in [0, 0.05) is 43.5 Å². The molecule has 2 aliphatic rings. The van der Waals surface area contributed by atoms with Gasteiger partial charge in [0.25, 0.3) is 5.91 Å². The fourth-order valence-corrected chi connectivity index (χ4v) is 4.27. The first-order valence-electron chi connectivity index (χ1n) is 10.1. The predicted octanol–water partition coefficient (Wildman–Crippen LogP) is 2.30. The van der Waals surface area contributed by atoms with Crippen molar-refractivity contribution in [1.82, 2.24) is 10.2 Å². The van der Waals surface area contributed by atoms with Crippen LogP contribution in [0.5, 0.6) is 5.75 Å². The minimum absolute atomic E-state index is 0.0265. The van der Waals surface area contributed by atoms with Crippen LogP contribution in [0.2, 0.25) is 0 Å². The number of carbonyl (C=O) groups excluding carboxylic acids is 1. The average Bonchev–Trinajstić information content (AvgIpc) is 2.75. The summed E-state index contributed by atoms with van der Waals surface area (Å²) in [6, 6.07) is 12.6. The summed E-state index contributed by atoms with van der Waals surface area (Å²) in [5, 5.41) is 22.4. The van der Waals surface area contributed by atoms with E-state index in [1.807, 2.05) is 12.1 Å². The zero-order valence-corrected chi connectivity index (χ0v) is 16.7. The lowest BCUT2D eigenvalue weighted by molar-refractivity contribution is 0.0933. The first-order chi connectivity index (χ1) is 14.0. The molecule has 29 heavy (non-hydrogen) atoms. The van der Waals surface area contributed by atoms with Crippen LogP contribution in [0.4, 0.5) is 5.69 Å². The zero-order valence-electron chi connectivity index (χ0n) is 16.7. The van der Waals surface area contributed by atoms with Crippen LogP contribution in [-0.4, -0.2) is 55.2 Å². The van der Waals surface area contributed by atoms with Crippen molar-refractivity contribution >= 4 is 11.6 Å². The molecule has 1 atom stereocenters. The van der Waals surface area contributed by atoms with E-state index in [1.165, 1.54) is 5.69 Å². The Hall–Kier alpha value is -3.04. The molecule has 0 bridgehead atoms. The molecule has 0 radical (unpaired) electrons. The minimum Gasteiger partial charge on any atom is -0.508 e. The topological polar surface area (TPSA) is 79.6 Å². The SMILES string of the molecule is CN1CCN(c2ccc(O)c3c2C[C@H](NC(=O)c2ccc(C#N)cc2)CC3)CC1. The van der Waals surface area contributed by atoms with Gasteiger partial charge in [-0.05, 0) is 73.8 Å². The highest BCUT2D eigenvalue weighted by Crippen LogP contribution is 2.36. The second kappa shape index (κ2) is 8.14. The van der Waals surface area contributed by atoms with Gasteiger partial charge < -0.3 is 20.2 Å². The van der Waals surface area contributed by atoms with Gasteiger partial charge in [0.1, 0.15) is 5.75 Å². The van der Waals surface area contributed by atoms with Crippen molar-refractivity contribution in [2.75, 3.05) is 38.1 Å². The Morgan fingerprint density at radius 3 is 2.52 bits per heavy atom. The Morgan fingerprint density at radius 2 is 1.83 bits per heavy atom. The van der Waals surface area contributed by atoms with Crippen LogP contribution in [0.1, 0.15) is 33.5 Å². The highest BCUT2D eigenvalue weighted by molar-refractivity contribution is 5.94. The second-order valence-electron chi connectivity index (χ2n) is 7.95. The molecule has 2 N–H and O–H groups in total. The number of nitrogens with zero attached hydrogens (tertiary/aromatic N) is 3. The summed E-state index contributed by atoms with van der Waals surface area (Å²) in [6.45, 7) is 3.98. The maximum atomic E-state index is 12.7. The summed E-state index contributed by atoms with van der Waals surface area (Å²) in [5.41, 5.74) is 4.46. The van der Waals surface area contributed by atoms with Gasteiger partial charge in [-0.3, -0.25) is 4.79 Å². The van der Waals surface area contributed by atoms with Crippen LogP contribution in [0, 0.1) is 11.3 Å². The van der Waals surface area contributed by atoms with Gasteiger partial charge in [0.2, 0.25) is 0 Å². The fraction of sp³-hybridized carbons (Fsp3) is 0.391. The van der Waals surface area contributed by atoms with Crippen molar-refractivity contribution in [3.8, 4) is 11.8 Å². The lowest BCUT2D eigenvalue weighted by Gasteiger charge is -2.37. The van der Waals surface area contributed by atoms with Gasteiger partial charge in [0.05, 0.1) is 11.6 Å². The van der Waals surface area contributed by atoms with Gasteiger partial charge in [-0.15, -0.1) is 0 Å². The highest BCUT2D eigenvalue weighted by atomic mass is 16.3. The molecule has 0 unspecified atom stereocenters. The minimum atomic E-state index is -0.121. The van der Waals surface area contributed by atoms with E-state index in [1.54, 1.807) is 24.3 Å². The third-order valence-electron chi connectivity index (χ3n) is 6.03. The molecule has 1 aliphatic carbocycles. The third-order valence-corrected chi connectivity index (χ3v) is 6.03. The fourth-order valence-electron chi connectivity index (χ4n) is 4.27. The van der Waals surface area contributed by atoms with E-state index >= 15 is 0 Å². The molecule has 0 aromatic heterocycles. The largest absolute Gasteiger partial charge is 0.508 e. The van der Waals surface area contributed by atoms with Crippen LogP contribution in [0.25, 0.3) is 0 Å². The number of anilines is 1. The molecule has 1 saturated heterocycles. The lowest BCUT2D eigenvalue weighted by atomic mass is 9.86. The summed E-state index contributed by atoms with van der Waals surface area (Å²) < 4.78 is 0. The first kappa shape index (κ1) is 19.3. The lowest BCUT2D eigenvalue weighted by Crippen LogP contribution is -2.45. The smallest absolute Gasteiger partial charge is 0.251 e. The number of phenols is 1. The Morgan fingerprint density at radius 1 is 1.10 bits per heavy atom. The molecule has 0 saturated carbocycles. The van der Waals surface area contributed by atoms with Crippen LogP contribution >= 0.6 is 0 Å². The number of nitrogens with one attached hydrogen (secondary N) is 1. The van der Waals surface area contributed by atoms with Crippen LogP contribution in [-0.2, 0) is 12.8 Å². The maximum absolute atomic E-state index is 12.7. The monoisotopic (exact) mass is 390 g/mol. The molecule has 6 heteroatoms. The number of likely N-dealkylation sites (N-methyl/N-ethyl adjacent to an activating group) is 1. The Kier molecular flexibility index (Phi) is 5.41. The van der Waals surface area contributed by atoms with E-state index in [2.05, 4.69) is 28.2 Å². The van der Waals surface area contributed by atoms with Crippen LogP contribution in [0.15, 0.2) is 36.4 Å². The summed E-state index contributed by atoms with van der Waals surface area (Å²) in [6.07, 6.45) is 2.27. The van der Waals surface area contributed by atoms with Crippen molar-refractivity contribution in [1.29, 1.82) is 5.26 Å². The number of hydrogen-bond donors (Lipinski definition) is 2. The standard InChI is InChI=1S/C23H26N4O2/c1-26-10-12-27(13-11-26)21-8-9-22(28)19-7-6-18(14-20(19)21)25-23(29)17-4-2-16(15-24)3-5-17/h2-5,8-9,18,28H,6-7,10-14H2,1H3,(H,25,29)/t18-/m1/s1. The maximum Gasteiger partial charge on any atom is 0.251 e. The van der Waals surface area contributed by atoms with Gasteiger partial charge in [-0.25, -0.2) is 0 Å². The number of hydrogen-bond acceptors (Lipinski definition) is 5. The summed E-state index contributed by atoms with van der Waals surface area (Å²) in [7, 11) is 2.14. The van der Waals surface area contributed by atoms with Gasteiger partial charge >= 0.3 is 0 Å². The number of fused-ring (bicyclic) bond motifs is 1. The van der Waals surface area contributed by atoms with E-state index in [9.17, 15) is 9.90 Å². The molecule has 1 fully saturated rings. The molecule has 6 nitrogen and oxygen atoms in total. The van der Waals surface area contributed by atoms with Gasteiger partial charge in [-0.1, -0.05) is 0 Å². The molecule has 2 aromatic rings. The van der Waals surface area contributed by atoms with Gasteiger partial charge in [0.15, 0.2) is 0 Å². The van der Waals surface area contributed by atoms with Crippen LogP contribution in [0.3, 0.4) is 0 Å². The van der Waals surface area contributed by atoms with E-state index in [4.69, 9.17) is 5.26 Å². The molecule has 150 valence electrons. The highest BCUT2D eigenvalue weighted by Gasteiger charge is 2.27. The van der Waals surface area contributed by atoms with E-state index < -0.39 is 0 Å². The van der Waals surface area contributed by atoms with Crippen molar-refractivity contribution in [3.63, 3.8) is 0 Å².